The van der Waals surface area contributed by atoms with Crippen LogP contribution in [0.2, 0.25) is 0 Å². The molecule has 148 valence electrons. The predicted octanol–water partition coefficient (Wildman–Crippen LogP) is 2.06. The molecule has 3 aliphatic heterocycles. The van der Waals surface area contributed by atoms with Gasteiger partial charge in [-0.15, -0.1) is 0 Å². The van der Waals surface area contributed by atoms with Crippen molar-refractivity contribution in [1.82, 2.24) is 0 Å². The van der Waals surface area contributed by atoms with Crippen LogP contribution in [-0.2, 0) is 19.7 Å². The molecule has 0 fully saturated rings. The number of esters is 1. The number of amides is 1. The lowest BCUT2D eigenvalue weighted by Gasteiger charge is -2.38. The number of hydrogen-bond acceptors (Lipinski definition) is 6. The first-order chi connectivity index (χ1) is 14.4. The van der Waals surface area contributed by atoms with Crippen LogP contribution in [0.25, 0.3) is 0 Å². The van der Waals surface area contributed by atoms with Gasteiger partial charge in [0.15, 0.2) is 0 Å². The van der Waals surface area contributed by atoms with Gasteiger partial charge in [0.25, 0.3) is 0 Å². The molecule has 2 N–H and O–H groups in total. The van der Waals surface area contributed by atoms with Gasteiger partial charge < -0.3 is 15.4 Å². The third kappa shape index (κ3) is 1.96. The van der Waals surface area contributed by atoms with Crippen molar-refractivity contribution in [2.75, 3.05) is 23.5 Å². The predicted molar refractivity (Wildman–Crippen MR) is 105 cm³/mol. The number of halogens is 1. The van der Waals surface area contributed by atoms with Gasteiger partial charge in [0, 0.05) is 24.0 Å². The zero-order valence-corrected chi connectivity index (χ0v) is 15.8. The first-order valence-corrected chi connectivity index (χ1v) is 9.17. The lowest BCUT2D eigenvalue weighted by molar-refractivity contribution is -0.137. The van der Waals surface area contributed by atoms with Crippen molar-refractivity contribution >= 4 is 23.3 Å². The van der Waals surface area contributed by atoms with Gasteiger partial charge in [0.2, 0.25) is 5.91 Å². The van der Waals surface area contributed by atoms with Gasteiger partial charge >= 0.3 is 5.97 Å². The van der Waals surface area contributed by atoms with E-state index in [2.05, 4.69) is 6.07 Å². The van der Waals surface area contributed by atoms with Gasteiger partial charge in [-0.25, -0.2) is 9.18 Å². The molecule has 0 saturated heterocycles. The topological polar surface area (TPSA) is 99.7 Å². The van der Waals surface area contributed by atoms with Crippen molar-refractivity contribution < 1.29 is 18.7 Å². The van der Waals surface area contributed by atoms with E-state index in [-0.39, 0.29) is 23.6 Å². The first kappa shape index (κ1) is 17.9. The Hall–Kier alpha value is -4.12. The summed E-state index contributed by atoms with van der Waals surface area (Å²) in [5.41, 5.74) is 6.68. The molecule has 2 aromatic rings. The average molecular weight is 402 g/mol. The minimum Gasteiger partial charge on any atom is -0.456 e. The maximum Gasteiger partial charge on any atom is 0.338 e. The molecule has 0 bridgehead atoms. The van der Waals surface area contributed by atoms with Gasteiger partial charge in [-0.05, 0) is 30.3 Å². The first-order valence-electron chi connectivity index (χ1n) is 9.17. The fourth-order valence-electron chi connectivity index (χ4n) is 4.59. The molecule has 0 saturated carbocycles. The molecule has 0 aromatic heterocycles. The molecule has 1 amide bonds. The summed E-state index contributed by atoms with van der Waals surface area (Å²) in [7, 11) is 1.59. The summed E-state index contributed by atoms with van der Waals surface area (Å²) in [4.78, 5) is 29.4. The Labute approximate surface area is 171 Å². The van der Waals surface area contributed by atoms with Crippen molar-refractivity contribution in [3.05, 3.63) is 82.6 Å². The molecule has 2 aromatic carbocycles. The van der Waals surface area contributed by atoms with Crippen molar-refractivity contribution in [3.8, 4) is 6.07 Å². The van der Waals surface area contributed by atoms with Crippen LogP contribution in [0, 0.1) is 17.1 Å². The number of fused-ring (bicyclic) bond motifs is 3. The summed E-state index contributed by atoms with van der Waals surface area (Å²) < 4.78 is 18.8. The van der Waals surface area contributed by atoms with Gasteiger partial charge in [-0.1, -0.05) is 18.2 Å². The maximum atomic E-state index is 13.6. The van der Waals surface area contributed by atoms with E-state index in [1.54, 1.807) is 31.3 Å². The van der Waals surface area contributed by atoms with Crippen LogP contribution in [0.3, 0.4) is 0 Å². The molecular weight excluding hydrogens is 387 g/mol. The van der Waals surface area contributed by atoms with Crippen molar-refractivity contribution in [1.29, 1.82) is 5.26 Å². The quantitative estimate of drug-likeness (QED) is 0.733. The molecule has 30 heavy (non-hydrogen) atoms. The van der Waals surface area contributed by atoms with E-state index in [0.29, 0.717) is 22.6 Å². The summed E-state index contributed by atoms with van der Waals surface area (Å²) >= 11 is 0. The van der Waals surface area contributed by atoms with Crippen LogP contribution in [0.1, 0.15) is 5.56 Å². The Morgan fingerprint density at radius 3 is 2.57 bits per heavy atom. The number of carbonyl (C=O) groups excluding carboxylic acids is 2. The number of hydrogen-bond donors (Lipinski definition) is 1. The summed E-state index contributed by atoms with van der Waals surface area (Å²) in [6, 6.07) is 14.5. The van der Waals surface area contributed by atoms with E-state index in [0.717, 1.165) is 0 Å². The van der Waals surface area contributed by atoms with Crippen LogP contribution in [0.15, 0.2) is 71.2 Å². The second kappa shape index (κ2) is 5.94. The third-order valence-electron chi connectivity index (χ3n) is 5.84. The van der Waals surface area contributed by atoms with Crippen LogP contribution in [0.5, 0.6) is 0 Å². The standard InChI is InChI=1S/C22H15FN4O3/c1-26-16-5-3-2-4-14(16)22(21(26)29)15(10-24)19(25)27(13-8-6-12(23)7-9-13)17-11-30-20(28)18(17)22/h2-9H,11,25H2,1H3/t22-/m1/s1. The Bertz CT molecular complexity index is 1240. The number of ether oxygens (including phenoxy) is 1. The fraction of sp³-hybridized carbons (Fsp3) is 0.136. The van der Waals surface area contributed by atoms with Gasteiger partial charge in [0.1, 0.15) is 29.7 Å². The lowest BCUT2D eigenvalue weighted by atomic mass is 9.67. The molecule has 1 atom stereocenters. The summed E-state index contributed by atoms with van der Waals surface area (Å²) in [6.45, 7) is -0.119. The van der Waals surface area contributed by atoms with Gasteiger partial charge in [0.05, 0.1) is 16.8 Å². The molecule has 1 spiro atoms. The van der Waals surface area contributed by atoms with E-state index < -0.39 is 23.1 Å². The highest BCUT2D eigenvalue weighted by Gasteiger charge is 2.63. The number of cyclic esters (lactones) is 1. The van der Waals surface area contributed by atoms with Gasteiger partial charge in [-0.2, -0.15) is 5.26 Å². The number of nitrogens with zero attached hydrogens (tertiary/aromatic N) is 3. The Morgan fingerprint density at radius 1 is 1.17 bits per heavy atom. The Kier molecular flexibility index (Phi) is 3.55. The molecule has 0 radical (unpaired) electrons. The second-order valence-electron chi connectivity index (χ2n) is 7.21. The highest BCUT2D eigenvalue weighted by molar-refractivity contribution is 6.19. The smallest absolute Gasteiger partial charge is 0.338 e. The lowest BCUT2D eigenvalue weighted by Crippen LogP contribution is -2.50. The second-order valence-corrected chi connectivity index (χ2v) is 7.21. The minimum atomic E-state index is -1.68. The van der Waals surface area contributed by atoms with Crippen LogP contribution in [-0.4, -0.2) is 25.5 Å². The number of benzene rings is 2. The zero-order chi connectivity index (χ0) is 21.2. The molecule has 5 rings (SSSR count). The number of nitriles is 1. The summed E-state index contributed by atoms with van der Waals surface area (Å²) in [5, 5.41) is 10.1. The van der Waals surface area contributed by atoms with Crippen LogP contribution >= 0.6 is 0 Å². The molecule has 0 aliphatic carbocycles. The number of para-hydroxylation sites is 1. The molecule has 0 unspecified atom stereocenters. The van der Waals surface area contributed by atoms with Crippen LogP contribution < -0.4 is 15.5 Å². The monoisotopic (exact) mass is 402 g/mol. The number of anilines is 2. The van der Waals surface area contributed by atoms with Crippen LogP contribution in [0.4, 0.5) is 15.8 Å². The van der Waals surface area contributed by atoms with Crippen molar-refractivity contribution in [2.45, 2.75) is 5.41 Å². The largest absolute Gasteiger partial charge is 0.456 e. The maximum absolute atomic E-state index is 13.6. The Morgan fingerprint density at radius 2 is 1.87 bits per heavy atom. The third-order valence-corrected chi connectivity index (χ3v) is 5.84. The number of nitrogens with two attached hydrogens (primary N) is 1. The van der Waals surface area contributed by atoms with E-state index in [1.807, 2.05) is 0 Å². The highest BCUT2D eigenvalue weighted by atomic mass is 19.1. The number of likely N-dealkylation sites (N-methyl/N-ethyl adjacent to an activating group) is 1. The van der Waals surface area contributed by atoms with E-state index in [4.69, 9.17) is 10.5 Å². The van der Waals surface area contributed by atoms with Gasteiger partial charge in [-0.3, -0.25) is 9.69 Å². The SMILES string of the molecule is CN1C(=O)[C@@]2(C(C#N)=C(N)N(c3ccc(F)cc3)C3=C2C(=O)OC3)c2ccccc21. The molecule has 3 heterocycles. The zero-order valence-electron chi connectivity index (χ0n) is 15.8. The number of carbonyl (C=O) groups is 2. The van der Waals surface area contributed by atoms with Crippen molar-refractivity contribution in [2.24, 2.45) is 5.73 Å². The highest BCUT2D eigenvalue weighted by Crippen LogP contribution is 2.55. The fourth-order valence-corrected chi connectivity index (χ4v) is 4.59. The molecule has 8 heteroatoms. The average Bonchev–Trinajstić information content (AvgIpc) is 3.23. The molecular formula is C22H15FN4O3. The molecule has 3 aliphatic rings. The summed E-state index contributed by atoms with van der Waals surface area (Å²) in [6.07, 6.45) is 0. The number of rotatable bonds is 1. The van der Waals surface area contributed by atoms with E-state index >= 15 is 0 Å². The van der Waals surface area contributed by atoms with E-state index in [9.17, 15) is 19.2 Å². The normalized spacial score (nSPS) is 22.4. The van der Waals surface area contributed by atoms with E-state index in [1.165, 1.54) is 34.1 Å². The Balaban J connectivity index is 1.87. The summed E-state index contributed by atoms with van der Waals surface area (Å²) in [5.74, 6) is -1.58. The minimum absolute atomic E-state index is 0.000360. The van der Waals surface area contributed by atoms with Crippen molar-refractivity contribution in [3.63, 3.8) is 0 Å². The molecule has 7 nitrogen and oxygen atoms in total.